The molecule has 4 aromatic carbocycles. The number of halogens is 6. The van der Waals surface area contributed by atoms with Crippen LogP contribution in [-0.4, -0.2) is 29.1 Å². The van der Waals surface area contributed by atoms with Crippen LogP contribution in [0.5, 0.6) is 0 Å². The Labute approximate surface area is 280 Å². The third-order valence-electron chi connectivity index (χ3n) is 6.09. The lowest BCUT2D eigenvalue weighted by atomic mass is 10.0. The van der Waals surface area contributed by atoms with Crippen LogP contribution >= 0.6 is 69.6 Å². The van der Waals surface area contributed by atoms with Gasteiger partial charge in [-0.2, -0.15) is 0 Å². The van der Waals surface area contributed by atoms with Crippen LogP contribution in [0.1, 0.15) is 36.6 Å². The fourth-order valence-corrected chi connectivity index (χ4v) is 5.08. The van der Waals surface area contributed by atoms with E-state index in [1.807, 2.05) is 0 Å². The molecule has 0 spiro atoms. The molecule has 0 aromatic heterocycles. The van der Waals surface area contributed by atoms with E-state index in [1.54, 1.807) is 13.0 Å². The van der Waals surface area contributed by atoms with E-state index in [0.717, 1.165) is 0 Å². The first-order valence-electron chi connectivity index (χ1n) is 12.3. The lowest BCUT2D eigenvalue weighted by Gasteiger charge is -2.13. The highest BCUT2D eigenvalue weighted by Gasteiger charge is 2.20. The number of carbonyl (C=O) groups excluding carboxylic acids is 3. The number of nitrogens with one attached hydrogen (secondary N) is 3. The van der Waals surface area contributed by atoms with E-state index < -0.39 is 29.1 Å². The van der Waals surface area contributed by atoms with Gasteiger partial charge in [0.05, 0.1) is 53.0 Å². The van der Waals surface area contributed by atoms with Crippen molar-refractivity contribution in [1.82, 2.24) is 0 Å². The second-order valence-electron chi connectivity index (χ2n) is 9.25. The molecule has 0 aliphatic carbocycles. The zero-order valence-corrected chi connectivity index (χ0v) is 26.8. The van der Waals surface area contributed by atoms with Crippen LogP contribution in [0.2, 0.25) is 30.1 Å². The summed E-state index contributed by atoms with van der Waals surface area (Å²) in [5.41, 5.74) is 0.578. The predicted molar refractivity (Wildman–Crippen MR) is 176 cm³/mol. The Hall–Kier alpha value is -3.57. The number of amides is 2. The molecule has 0 bridgehead atoms. The van der Waals surface area contributed by atoms with Crippen LogP contribution in [0.4, 0.5) is 22.7 Å². The molecule has 0 aliphatic rings. The summed E-state index contributed by atoms with van der Waals surface area (Å²) in [6.45, 7) is 1.30. The number of rotatable bonds is 9. The van der Waals surface area contributed by atoms with Gasteiger partial charge in [-0.15, -0.1) is 0 Å². The first-order chi connectivity index (χ1) is 20.7. The maximum atomic E-state index is 13.3. The maximum absolute atomic E-state index is 13.3. The zero-order chi connectivity index (χ0) is 32.3. The molecular formula is C29H18Cl6N4O5. The molecule has 4 rings (SSSR count). The molecule has 44 heavy (non-hydrogen) atoms. The molecule has 4 aromatic rings. The van der Waals surface area contributed by atoms with Crippen molar-refractivity contribution in [2.45, 2.75) is 6.92 Å². The Kier molecular flexibility index (Phi) is 10.6. The number of Topliss-reactive ketones (excluding diaryl/α,β-unsaturated/α-hetero) is 1. The summed E-state index contributed by atoms with van der Waals surface area (Å²) in [6.07, 6.45) is 0. The minimum atomic E-state index is -0.733. The van der Waals surface area contributed by atoms with Gasteiger partial charge in [-0.25, -0.2) is 0 Å². The van der Waals surface area contributed by atoms with Crippen LogP contribution in [-0.2, 0) is 0 Å². The summed E-state index contributed by atoms with van der Waals surface area (Å²) in [6, 6.07) is 13.6. The molecule has 0 radical (unpaired) electrons. The SMILES string of the molecule is Cc1ccc(NCC(=O)c2cc(C(=O)Nc3cc(Cl)c(Cl)cc3Cl)cc(C(=O)Nc3cc(Cl)c(Cl)cc3Cl)c2)c([N+](=O)[O-])c1. The summed E-state index contributed by atoms with van der Waals surface area (Å²) >= 11 is 36.5. The highest BCUT2D eigenvalue weighted by molar-refractivity contribution is 6.45. The molecule has 2 amide bonds. The first kappa shape index (κ1) is 33.3. The van der Waals surface area contributed by atoms with E-state index in [4.69, 9.17) is 69.6 Å². The number of carbonyl (C=O) groups is 3. The number of benzene rings is 4. The quantitative estimate of drug-likeness (QED) is 0.0685. The number of aryl methyl sites for hydroxylation is 1. The molecule has 0 saturated carbocycles. The monoisotopic (exact) mass is 712 g/mol. The summed E-state index contributed by atoms with van der Waals surface area (Å²) in [5, 5.41) is 20.2. The average Bonchev–Trinajstić information content (AvgIpc) is 2.97. The molecule has 0 atom stereocenters. The second-order valence-corrected chi connectivity index (χ2v) is 11.7. The average molecular weight is 715 g/mol. The van der Waals surface area contributed by atoms with Gasteiger partial charge in [-0.3, -0.25) is 24.5 Å². The van der Waals surface area contributed by atoms with E-state index in [0.29, 0.717) is 5.56 Å². The summed E-state index contributed by atoms with van der Waals surface area (Å²) in [5.74, 6) is -2.05. The topological polar surface area (TPSA) is 130 Å². The Morgan fingerprint density at radius 3 is 1.57 bits per heavy atom. The molecule has 0 unspecified atom stereocenters. The van der Waals surface area contributed by atoms with Gasteiger partial charge in [0, 0.05) is 22.8 Å². The van der Waals surface area contributed by atoms with Gasteiger partial charge in [0.2, 0.25) is 0 Å². The van der Waals surface area contributed by atoms with Crippen LogP contribution in [0.3, 0.4) is 0 Å². The third-order valence-corrected chi connectivity index (χ3v) is 8.15. The highest BCUT2D eigenvalue weighted by Crippen LogP contribution is 2.34. The van der Waals surface area contributed by atoms with E-state index in [9.17, 15) is 24.5 Å². The smallest absolute Gasteiger partial charge is 0.292 e. The minimum absolute atomic E-state index is 0.0504. The molecule has 9 nitrogen and oxygen atoms in total. The van der Waals surface area contributed by atoms with Crippen molar-refractivity contribution < 1.29 is 19.3 Å². The molecular weight excluding hydrogens is 697 g/mol. The largest absolute Gasteiger partial charge is 0.372 e. The van der Waals surface area contributed by atoms with E-state index in [-0.39, 0.29) is 69.6 Å². The Morgan fingerprint density at radius 2 is 1.09 bits per heavy atom. The number of hydrogen-bond donors (Lipinski definition) is 3. The standard InChI is InChI=1S/C29H18Cl6N4O5/c1-13-2-3-23(26(4-13)39(43)44)36-12-27(40)14-5-15(28(41)37-24-10-19(32)17(30)8-21(24)34)7-16(6-14)29(42)38-25-11-20(33)18(31)9-22(25)35/h2-11,36H,12H2,1H3,(H,37,41)(H,38,42). The van der Waals surface area contributed by atoms with Crippen LogP contribution < -0.4 is 16.0 Å². The lowest BCUT2D eigenvalue weighted by molar-refractivity contribution is -0.384. The van der Waals surface area contributed by atoms with E-state index >= 15 is 0 Å². The van der Waals surface area contributed by atoms with E-state index in [1.165, 1.54) is 54.6 Å². The van der Waals surface area contributed by atoms with Gasteiger partial charge in [-0.1, -0.05) is 75.7 Å². The van der Waals surface area contributed by atoms with Gasteiger partial charge in [-0.05, 0) is 61.0 Å². The summed E-state index contributed by atoms with van der Waals surface area (Å²) in [4.78, 5) is 50.8. The van der Waals surface area contributed by atoms with Gasteiger partial charge in [0.15, 0.2) is 5.78 Å². The molecule has 3 N–H and O–H groups in total. The van der Waals surface area contributed by atoms with Crippen molar-refractivity contribution in [3.05, 3.63) is 123 Å². The van der Waals surface area contributed by atoms with Gasteiger partial charge in [0.25, 0.3) is 17.5 Å². The Morgan fingerprint density at radius 1 is 0.636 bits per heavy atom. The number of nitrogens with zero attached hydrogens (tertiary/aromatic N) is 1. The molecule has 0 saturated heterocycles. The van der Waals surface area contributed by atoms with Crippen LogP contribution in [0.25, 0.3) is 0 Å². The molecule has 0 aliphatic heterocycles. The van der Waals surface area contributed by atoms with Gasteiger partial charge in [0.1, 0.15) is 5.69 Å². The predicted octanol–water partition coefficient (Wildman–Crippen LogP) is 9.62. The first-order valence-corrected chi connectivity index (χ1v) is 14.6. The number of nitro groups is 1. The lowest BCUT2D eigenvalue weighted by Crippen LogP contribution is -2.20. The van der Waals surface area contributed by atoms with Crippen molar-refractivity contribution in [2.75, 3.05) is 22.5 Å². The maximum Gasteiger partial charge on any atom is 0.292 e. The summed E-state index contributed by atoms with van der Waals surface area (Å²) in [7, 11) is 0. The van der Waals surface area contributed by atoms with E-state index in [2.05, 4.69) is 16.0 Å². The number of ketones is 1. The molecule has 0 fully saturated rings. The highest BCUT2D eigenvalue weighted by atomic mass is 35.5. The van der Waals surface area contributed by atoms with Crippen molar-refractivity contribution in [2.24, 2.45) is 0 Å². The van der Waals surface area contributed by atoms with Crippen molar-refractivity contribution in [1.29, 1.82) is 0 Å². The number of hydrogen-bond acceptors (Lipinski definition) is 6. The molecule has 0 heterocycles. The second kappa shape index (κ2) is 14.0. The van der Waals surface area contributed by atoms with Crippen molar-refractivity contribution in [3.8, 4) is 0 Å². The molecule has 15 heteroatoms. The zero-order valence-electron chi connectivity index (χ0n) is 22.2. The minimum Gasteiger partial charge on any atom is -0.372 e. The van der Waals surface area contributed by atoms with Crippen LogP contribution in [0, 0.1) is 17.0 Å². The Bertz CT molecular complexity index is 1760. The fourth-order valence-electron chi connectivity index (χ4n) is 3.90. The number of anilines is 3. The third kappa shape index (κ3) is 7.92. The number of nitro benzene ring substituents is 1. The van der Waals surface area contributed by atoms with Gasteiger partial charge < -0.3 is 16.0 Å². The van der Waals surface area contributed by atoms with Crippen molar-refractivity contribution in [3.63, 3.8) is 0 Å². The van der Waals surface area contributed by atoms with Gasteiger partial charge >= 0.3 is 0 Å². The summed E-state index contributed by atoms with van der Waals surface area (Å²) < 4.78 is 0. The normalized spacial score (nSPS) is 10.7. The Balaban J connectivity index is 1.68. The van der Waals surface area contributed by atoms with Crippen LogP contribution in [0.15, 0.2) is 60.7 Å². The molecule has 226 valence electrons. The fraction of sp³-hybridized carbons (Fsp3) is 0.0690. The van der Waals surface area contributed by atoms with Crippen molar-refractivity contribution >= 4 is 110 Å².